The molecule has 0 saturated heterocycles. The van der Waals surface area contributed by atoms with Gasteiger partial charge >= 0.3 is 5.97 Å². The number of phenols is 1. The van der Waals surface area contributed by atoms with Crippen LogP contribution in [0.4, 0.5) is 0 Å². The van der Waals surface area contributed by atoms with Crippen LogP contribution in [0.15, 0.2) is 30.9 Å². The van der Waals surface area contributed by atoms with Crippen LogP contribution in [0.5, 0.6) is 5.75 Å². The monoisotopic (exact) mass is 256 g/mol. The van der Waals surface area contributed by atoms with Gasteiger partial charge in [-0.2, -0.15) is 0 Å². The maximum Gasteiger partial charge on any atom is 0.339 e. The number of allylic oxidation sites excluding steroid dienone is 1. The molecule has 19 heavy (non-hydrogen) atoms. The van der Waals surface area contributed by atoms with Crippen molar-refractivity contribution in [2.24, 2.45) is 0 Å². The van der Waals surface area contributed by atoms with E-state index in [1.165, 1.54) is 6.07 Å². The number of carbonyl (C=O) groups is 1. The van der Waals surface area contributed by atoms with Gasteiger partial charge in [0, 0.05) is 18.1 Å². The van der Waals surface area contributed by atoms with Crippen LogP contribution in [0, 0.1) is 0 Å². The van der Waals surface area contributed by atoms with Crippen molar-refractivity contribution in [3.63, 3.8) is 0 Å². The van der Waals surface area contributed by atoms with E-state index in [1.807, 2.05) is 16.8 Å². The lowest BCUT2D eigenvalue weighted by atomic mass is 9.93. The molecular formula is C14H12N2O3. The van der Waals surface area contributed by atoms with Gasteiger partial charge in [-0.3, -0.25) is 0 Å². The Bertz CT molecular complexity index is 672. The highest BCUT2D eigenvalue weighted by atomic mass is 16.4. The second kappa shape index (κ2) is 4.28. The first-order valence-corrected chi connectivity index (χ1v) is 5.93. The molecule has 2 aromatic rings. The number of imidazole rings is 1. The number of benzene rings is 1. The van der Waals surface area contributed by atoms with E-state index in [0.29, 0.717) is 0 Å². The number of carboxylic acids is 1. The molecule has 1 heterocycles. The van der Waals surface area contributed by atoms with Gasteiger partial charge in [-0.1, -0.05) is 0 Å². The van der Waals surface area contributed by atoms with Gasteiger partial charge in [0.05, 0.1) is 6.33 Å². The predicted octanol–water partition coefficient (Wildman–Crippen LogP) is 2.23. The molecule has 1 aliphatic rings. The number of aromatic carboxylic acids is 1. The normalized spacial score (nSPS) is 13.8. The standard InChI is InChI=1S/C14H12N2O3/c17-13-7-10-5-11(16-4-3-15-8-16)2-1-9(10)6-12(13)14(18)19/h3-8,17H,1-2H2,(H,18,19). The summed E-state index contributed by atoms with van der Waals surface area (Å²) in [5.41, 5.74) is 2.84. The Morgan fingerprint density at radius 3 is 2.84 bits per heavy atom. The van der Waals surface area contributed by atoms with Crippen molar-refractivity contribution < 1.29 is 15.0 Å². The maximum absolute atomic E-state index is 11.0. The molecule has 0 aliphatic heterocycles. The van der Waals surface area contributed by atoms with Crippen LogP contribution in [0.3, 0.4) is 0 Å². The van der Waals surface area contributed by atoms with Crippen molar-refractivity contribution in [1.82, 2.24) is 9.55 Å². The molecule has 0 amide bonds. The van der Waals surface area contributed by atoms with Crippen LogP contribution < -0.4 is 0 Å². The molecule has 3 rings (SSSR count). The highest BCUT2D eigenvalue weighted by Gasteiger charge is 2.17. The fourth-order valence-corrected chi connectivity index (χ4v) is 2.32. The maximum atomic E-state index is 11.0. The summed E-state index contributed by atoms with van der Waals surface area (Å²) in [6.45, 7) is 0. The molecule has 0 bridgehead atoms. The smallest absolute Gasteiger partial charge is 0.339 e. The van der Waals surface area contributed by atoms with Gasteiger partial charge < -0.3 is 14.8 Å². The van der Waals surface area contributed by atoms with E-state index in [2.05, 4.69) is 4.98 Å². The van der Waals surface area contributed by atoms with Crippen LogP contribution in [0.1, 0.15) is 27.9 Å². The molecule has 0 unspecified atom stereocenters. The Labute approximate surface area is 109 Å². The van der Waals surface area contributed by atoms with Crippen molar-refractivity contribution in [3.8, 4) is 5.75 Å². The number of hydrogen-bond acceptors (Lipinski definition) is 3. The summed E-state index contributed by atoms with van der Waals surface area (Å²) < 4.78 is 1.92. The van der Waals surface area contributed by atoms with E-state index in [1.54, 1.807) is 18.6 Å². The second-order valence-electron chi connectivity index (χ2n) is 4.48. The minimum absolute atomic E-state index is 0.0433. The number of carboxylic acid groups (broad SMARTS) is 1. The highest BCUT2D eigenvalue weighted by Crippen LogP contribution is 2.31. The molecule has 1 aliphatic carbocycles. The van der Waals surface area contributed by atoms with Gasteiger partial charge in [0.2, 0.25) is 0 Å². The lowest BCUT2D eigenvalue weighted by Gasteiger charge is -2.18. The number of aromatic nitrogens is 2. The average molecular weight is 256 g/mol. The van der Waals surface area contributed by atoms with E-state index < -0.39 is 5.97 Å². The van der Waals surface area contributed by atoms with Gasteiger partial charge in [-0.15, -0.1) is 0 Å². The second-order valence-corrected chi connectivity index (χ2v) is 4.48. The Morgan fingerprint density at radius 2 is 2.16 bits per heavy atom. The molecule has 0 spiro atoms. The number of fused-ring (bicyclic) bond motifs is 1. The van der Waals surface area contributed by atoms with E-state index in [4.69, 9.17) is 5.11 Å². The molecule has 5 heteroatoms. The third kappa shape index (κ3) is 1.99. The molecule has 0 radical (unpaired) electrons. The lowest BCUT2D eigenvalue weighted by molar-refractivity contribution is 0.0693. The molecule has 96 valence electrons. The van der Waals surface area contributed by atoms with Crippen molar-refractivity contribution in [2.45, 2.75) is 12.8 Å². The van der Waals surface area contributed by atoms with Crippen molar-refractivity contribution >= 4 is 17.7 Å². The Balaban J connectivity index is 2.07. The molecule has 0 saturated carbocycles. The van der Waals surface area contributed by atoms with E-state index in [-0.39, 0.29) is 11.3 Å². The van der Waals surface area contributed by atoms with Crippen LogP contribution in [0.25, 0.3) is 11.8 Å². The predicted molar refractivity (Wildman–Crippen MR) is 69.8 cm³/mol. The van der Waals surface area contributed by atoms with Crippen molar-refractivity contribution in [1.29, 1.82) is 0 Å². The molecule has 0 fully saturated rings. The van der Waals surface area contributed by atoms with Crippen molar-refractivity contribution in [2.75, 3.05) is 0 Å². The number of aryl methyl sites for hydroxylation is 1. The number of nitrogens with zero attached hydrogens (tertiary/aromatic N) is 2. The molecular weight excluding hydrogens is 244 g/mol. The summed E-state index contributed by atoms with van der Waals surface area (Å²) in [6, 6.07) is 3.06. The minimum atomic E-state index is -1.11. The van der Waals surface area contributed by atoms with E-state index in [9.17, 15) is 9.90 Å². The van der Waals surface area contributed by atoms with Crippen LogP contribution in [0.2, 0.25) is 0 Å². The van der Waals surface area contributed by atoms with Gasteiger partial charge in [0.25, 0.3) is 0 Å². The first-order valence-electron chi connectivity index (χ1n) is 5.93. The van der Waals surface area contributed by atoms with Gasteiger partial charge in [0.1, 0.15) is 11.3 Å². The molecule has 2 N–H and O–H groups in total. The molecule has 1 aromatic heterocycles. The number of rotatable bonds is 2. The van der Waals surface area contributed by atoms with E-state index >= 15 is 0 Å². The summed E-state index contributed by atoms with van der Waals surface area (Å²) in [7, 11) is 0. The van der Waals surface area contributed by atoms with Crippen molar-refractivity contribution in [3.05, 3.63) is 47.5 Å². The third-order valence-electron chi connectivity index (χ3n) is 3.30. The molecule has 5 nitrogen and oxygen atoms in total. The van der Waals surface area contributed by atoms with Gasteiger partial charge in [0.15, 0.2) is 0 Å². The van der Waals surface area contributed by atoms with Crippen LogP contribution in [-0.4, -0.2) is 25.7 Å². The zero-order valence-electron chi connectivity index (χ0n) is 10.1. The SMILES string of the molecule is O=C(O)c1cc2c(cc1O)C=C(n1ccnc1)CC2. The summed E-state index contributed by atoms with van der Waals surface area (Å²) >= 11 is 0. The van der Waals surface area contributed by atoms with Gasteiger partial charge in [-0.25, -0.2) is 9.78 Å². The topological polar surface area (TPSA) is 75.3 Å². The fraction of sp³-hybridized carbons (Fsp3) is 0.143. The number of aromatic hydroxyl groups is 1. The summed E-state index contributed by atoms with van der Waals surface area (Å²) in [5.74, 6) is -1.31. The lowest BCUT2D eigenvalue weighted by Crippen LogP contribution is -2.06. The summed E-state index contributed by atoms with van der Waals surface area (Å²) in [5, 5.41) is 18.7. The summed E-state index contributed by atoms with van der Waals surface area (Å²) in [4.78, 5) is 15.0. The Kier molecular flexibility index (Phi) is 2.59. The largest absolute Gasteiger partial charge is 0.507 e. The Morgan fingerprint density at radius 1 is 1.32 bits per heavy atom. The first kappa shape index (κ1) is 11.5. The Hall–Kier alpha value is -2.56. The zero-order valence-corrected chi connectivity index (χ0v) is 10.1. The van der Waals surface area contributed by atoms with Crippen LogP contribution >= 0.6 is 0 Å². The van der Waals surface area contributed by atoms with Gasteiger partial charge in [-0.05, 0) is 42.2 Å². The van der Waals surface area contributed by atoms with Crippen LogP contribution in [-0.2, 0) is 6.42 Å². The number of hydrogen-bond donors (Lipinski definition) is 2. The fourth-order valence-electron chi connectivity index (χ4n) is 2.32. The third-order valence-corrected chi connectivity index (χ3v) is 3.30. The molecule has 1 aromatic carbocycles. The molecule has 0 atom stereocenters. The quantitative estimate of drug-likeness (QED) is 0.864. The van der Waals surface area contributed by atoms with E-state index in [0.717, 1.165) is 29.7 Å². The zero-order chi connectivity index (χ0) is 13.4. The minimum Gasteiger partial charge on any atom is -0.507 e. The average Bonchev–Trinajstić information content (AvgIpc) is 2.90. The summed E-state index contributed by atoms with van der Waals surface area (Å²) in [6.07, 6.45) is 8.81. The highest BCUT2D eigenvalue weighted by molar-refractivity contribution is 5.92. The first-order chi connectivity index (χ1) is 9.15.